The summed E-state index contributed by atoms with van der Waals surface area (Å²) in [6, 6.07) is 9.80. The molecule has 0 heterocycles. The lowest BCUT2D eigenvalue weighted by Gasteiger charge is -2.19. The monoisotopic (exact) mass is 223 g/mol. The molecule has 0 amide bonds. The first kappa shape index (κ1) is 13.0. The Balaban J connectivity index is 2.26. The summed E-state index contributed by atoms with van der Waals surface area (Å²) in [7, 11) is 1.71. The molecule has 3 nitrogen and oxygen atoms in total. The third-order valence-electron chi connectivity index (χ3n) is 2.69. The molecule has 1 aromatic rings. The van der Waals surface area contributed by atoms with E-state index in [1.807, 2.05) is 30.3 Å². The summed E-state index contributed by atoms with van der Waals surface area (Å²) in [5, 5.41) is 0. The highest BCUT2D eigenvalue weighted by atomic mass is 16.5. The zero-order valence-corrected chi connectivity index (χ0v) is 10.1. The molecule has 0 saturated heterocycles. The first-order valence-corrected chi connectivity index (χ1v) is 5.66. The molecule has 0 radical (unpaired) electrons. The summed E-state index contributed by atoms with van der Waals surface area (Å²) < 4.78 is 10.6. The van der Waals surface area contributed by atoms with Crippen molar-refractivity contribution < 1.29 is 9.47 Å². The highest BCUT2D eigenvalue weighted by Gasteiger charge is 2.12. The number of hydrogen-bond donors (Lipinski definition) is 1. The van der Waals surface area contributed by atoms with E-state index in [9.17, 15) is 0 Å². The van der Waals surface area contributed by atoms with Crippen LogP contribution in [0.2, 0.25) is 0 Å². The van der Waals surface area contributed by atoms with Gasteiger partial charge in [0.1, 0.15) is 12.4 Å². The highest BCUT2D eigenvalue weighted by molar-refractivity contribution is 5.20. The summed E-state index contributed by atoms with van der Waals surface area (Å²) in [6.07, 6.45) is 0.968. The van der Waals surface area contributed by atoms with Crippen LogP contribution >= 0.6 is 0 Å². The van der Waals surface area contributed by atoms with Crippen molar-refractivity contribution >= 4 is 0 Å². The molecule has 0 aromatic heterocycles. The van der Waals surface area contributed by atoms with E-state index in [1.54, 1.807) is 7.11 Å². The van der Waals surface area contributed by atoms with Crippen molar-refractivity contribution in [1.29, 1.82) is 0 Å². The average molecular weight is 223 g/mol. The van der Waals surface area contributed by atoms with Crippen LogP contribution in [0.5, 0.6) is 5.75 Å². The van der Waals surface area contributed by atoms with Gasteiger partial charge in [-0.1, -0.05) is 25.1 Å². The maximum Gasteiger partial charge on any atom is 0.119 e. The Morgan fingerprint density at radius 2 is 1.94 bits per heavy atom. The highest BCUT2D eigenvalue weighted by Crippen LogP contribution is 2.11. The van der Waals surface area contributed by atoms with Gasteiger partial charge in [-0.2, -0.15) is 0 Å². The molecular formula is C13H21NO2. The molecule has 2 N–H and O–H groups in total. The van der Waals surface area contributed by atoms with Crippen molar-refractivity contribution in [3.63, 3.8) is 0 Å². The predicted octanol–water partition coefficient (Wildman–Crippen LogP) is 2.07. The maximum atomic E-state index is 6.03. The van der Waals surface area contributed by atoms with E-state index < -0.39 is 0 Å². The van der Waals surface area contributed by atoms with Gasteiger partial charge in [-0.15, -0.1) is 0 Å². The van der Waals surface area contributed by atoms with Gasteiger partial charge in [-0.3, -0.25) is 0 Å². The lowest BCUT2D eigenvalue weighted by Crippen LogP contribution is -2.35. The van der Waals surface area contributed by atoms with Gasteiger partial charge in [0.05, 0.1) is 0 Å². The molecular weight excluding hydrogens is 202 g/mol. The molecule has 0 spiro atoms. The van der Waals surface area contributed by atoms with Crippen LogP contribution in [-0.2, 0) is 4.74 Å². The number of nitrogens with two attached hydrogens (primary N) is 1. The van der Waals surface area contributed by atoms with Crippen LogP contribution in [0.25, 0.3) is 0 Å². The van der Waals surface area contributed by atoms with Crippen LogP contribution in [0, 0.1) is 5.92 Å². The number of methoxy groups -OCH3 is 1. The van der Waals surface area contributed by atoms with Crippen molar-refractivity contribution in [3.05, 3.63) is 30.3 Å². The van der Waals surface area contributed by atoms with E-state index >= 15 is 0 Å². The summed E-state index contributed by atoms with van der Waals surface area (Å²) in [6.45, 7) is 3.42. The van der Waals surface area contributed by atoms with Gasteiger partial charge in [-0.05, 0) is 24.5 Å². The molecule has 0 saturated carbocycles. The minimum atomic E-state index is 0.0513. The Bertz CT molecular complexity index is 277. The maximum absolute atomic E-state index is 6.03. The smallest absolute Gasteiger partial charge is 0.119 e. The van der Waals surface area contributed by atoms with Crippen LogP contribution < -0.4 is 10.5 Å². The number of hydrogen-bond acceptors (Lipinski definition) is 3. The minimum Gasteiger partial charge on any atom is -0.492 e. The van der Waals surface area contributed by atoms with Crippen molar-refractivity contribution in [2.75, 3.05) is 20.3 Å². The lowest BCUT2D eigenvalue weighted by molar-refractivity contribution is 0.164. The molecule has 3 heteroatoms. The Morgan fingerprint density at radius 1 is 1.25 bits per heavy atom. The third kappa shape index (κ3) is 4.64. The molecule has 16 heavy (non-hydrogen) atoms. The van der Waals surface area contributed by atoms with Crippen LogP contribution in [0.15, 0.2) is 30.3 Å². The van der Waals surface area contributed by atoms with Gasteiger partial charge < -0.3 is 15.2 Å². The molecule has 1 aromatic carbocycles. The second kappa shape index (κ2) is 7.25. The molecule has 2 atom stereocenters. The predicted molar refractivity (Wildman–Crippen MR) is 65.6 cm³/mol. The van der Waals surface area contributed by atoms with Crippen molar-refractivity contribution in [2.24, 2.45) is 11.7 Å². The van der Waals surface area contributed by atoms with Gasteiger partial charge in [0.15, 0.2) is 0 Å². The molecule has 0 aliphatic carbocycles. The van der Waals surface area contributed by atoms with E-state index in [1.165, 1.54) is 0 Å². The van der Waals surface area contributed by atoms with Crippen LogP contribution in [0.3, 0.4) is 0 Å². The van der Waals surface area contributed by atoms with E-state index in [0.717, 1.165) is 18.8 Å². The summed E-state index contributed by atoms with van der Waals surface area (Å²) in [4.78, 5) is 0. The van der Waals surface area contributed by atoms with Gasteiger partial charge >= 0.3 is 0 Å². The zero-order valence-electron chi connectivity index (χ0n) is 10.1. The molecule has 0 bridgehead atoms. The Hall–Kier alpha value is -1.06. The first-order valence-electron chi connectivity index (χ1n) is 5.66. The normalized spacial score (nSPS) is 14.4. The van der Waals surface area contributed by atoms with E-state index in [4.69, 9.17) is 15.2 Å². The molecule has 0 aliphatic rings. The van der Waals surface area contributed by atoms with E-state index in [-0.39, 0.29) is 6.04 Å². The van der Waals surface area contributed by atoms with Gasteiger partial charge in [0, 0.05) is 19.8 Å². The summed E-state index contributed by atoms with van der Waals surface area (Å²) >= 11 is 0. The van der Waals surface area contributed by atoms with Crippen LogP contribution in [0.4, 0.5) is 0 Å². The van der Waals surface area contributed by atoms with Gasteiger partial charge in [-0.25, -0.2) is 0 Å². The van der Waals surface area contributed by atoms with Gasteiger partial charge in [0.2, 0.25) is 0 Å². The van der Waals surface area contributed by atoms with Crippen LogP contribution in [-0.4, -0.2) is 26.4 Å². The molecule has 0 fully saturated rings. The number of para-hydroxylation sites is 1. The standard InChI is InChI=1S/C13H21NO2/c1-11(8-9-15-2)13(14)10-16-12-6-4-3-5-7-12/h3-7,11,13H,8-10,14H2,1-2H3. The largest absolute Gasteiger partial charge is 0.492 e. The molecule has 1 rings (SSSR count). The van der Waals surface area contributed by atoms with Crippen molar-refractivity contribution in [2.45, 2.75) is 19.4 Å². The van der Waals surface area contributed by atoms with E-state index in [0.29, 0.717) is 12.5 Å². The second-order valence-corrected chi connectivity index (χ2v) is 4.05. The van der Waals surface area contributed by atoms with E-state index in [2.05, 4.69) is 6.92 Å². The molecule has 2 unspecified atom stereocenters. The Kier molecular flexibility index (Phi) is 5.90. The zero-order chi connectivity index (χ0) is 11.8. The third-order valence-corrected chi connectivity index (χ3v) is 2.69. The summed E-state index contributed by atoms with van der Waals surface area (Å²) in [5.41, 5.74) is 6.03. The Morgan fingerprint density at radius 3 is 2.56 bits per heavy atom. The second-order valence-electron chi connectivity index (χ2n) is 4.05. The topological polar surface area (TPSA) is 44.5 Å². The quantitative estimate of drug-likeness (QED) is 0.769. The minimum absolute atomic E-state index is 0.0513. The van der Waals surface area contributed by atoms with Gasteiger partial charge in [0.25, 0.3) is 0 Å². The SMILES string of the molecule is COCCC(C)C(N)COc1ccccc1. The molecule has 0 aliphatic heterocycles. The Labute approximate surface area is 97.6 Å². The van der Waals surface area contributed by atoms with Crippen LogP contribution in [0.1, 0.15) is 13.3 Å². The average Bonchev–Trinajstić information content (AvgIpc) is 2.34. The lowest BCUT2D eigenvalue weighted by atomic mass is 10.0. The fourth-order valence-electron chi connectivity index (χ4n) is 1.39. The number of benzene rings is 1. The molecule has 90 valence electrons. The van der Waals surface area contributed by atoms with Crippen molar-refractivity contribution in [3.8, 4) is 5.75 Å². The number of rotatable bonds is 7. The van der Waals surface area contributed by atoms with Crippen molar-refractivity contribution in [1.82, 2.24) is 0 Å². The summed E-state index contributed by atoms with van der Waals surface area (Å²) in [5.74, 6) is 1.28. The number of ether oxygens (including phenoxy) is 2. The first-order chi connectivity index (χ1) is 7.74. The fraction of sp³-hybridized carbons (Fsp3) is 0.538. The fourth-order valence-corrected chi connectivity index (χ4v) is 1.39.